The van der Waals surface area contributed by atoms with Crippen molar-refractivity contribution in [2.75, 3.05) is 0 Å². The molecule has 0 aromatic heterocycles. The molecule has 218 valence electrons. The number of rotatable bonds is 4. The third-order valence-electron chi connectivity index (χ3n) is 8.80. The highest BCUT2D eigenvalue weighted by Gasteiger charge is 2.64. The normalized spacial score (nSPS) is 28.0. The van der Waals surface area contributed by atoms with Crippen molar-refractivity contribution in [3.63, 3.8) is 0 Å². The Morgan fingerprint density at radius 1 is 1.17 bits per heavy atom. The van der Waals surface area contributed by atoms with Crippen molar-refractivity contribution < 1.29 is 32.0 Å². The number of primary amides is 1. The molecule has 42 heavy (non-hydrogen) atoms. The summed E-state index contributed by atoms with van der Waals surface area (Å²) in [5, 5.41) is 17.5. The molecule has 2 aromatic carbocycles. The molecule has 0 bridgehead atoms. The number of aliphatic hydroxyl groups excluding tert-OH is 1. The maximum atomic E-state index is 13.5. The predicted octanol–water partition coefficient (Wildman–Crippen LogP) is 3.34. The number of hydrogen-bond acceptors (Lipinski definition) is 8. The Bertz CT molecular complexity index is 1790. The number of benzene rings is 2. The van der Waals surface area contributed by atoms with E-state index in [9.17, 15) is 23.1 Å². The number of ether oxygens (including phenoxy) is 1. The van der Waals surface area contributed by atoms with Crippen molar-refractivity contribution >= 4 is 27.8 Å². The van der Waals surface area contributed by atoms with E-state index in [1.165, 1.54) is 12.1 Å². The van der Waals surface area contributed by atoms with Crippen LogP contribution in [0.3, 0.4) is 0 Å². The number of carbonyl (C=O) groups excluding carboxylic acids is 2. The number of carbonyl (C=O) groups is 2. The van der Waals surface area contributed by atoms with Gasteiger partial charge in [0.15, 0.2) is 17.6 Å². The minimum atomic E-state index is -4.36. The molecular weight excluding hydrogens is 560 g/mol. The van der Waals surface area contributed by atoms with Gasteiger partial charge in [-0.3, -0.25) is 4.79 Å². The second-order valence-corrected chi connectivity index (χ2v) is 13.1. The van der Waals surface area contributed by atoms with Gasteiger partial charge in [0.25, 0.3) is 5.91 Å². The highest BCUT2D eigenvalue weighted by atomic mass is 32.2. The fraction of sp³-hybridized carbons (Fsp3) is 0.300. The minimum Gasteiger partial charge on any atom is -0.477 e. The summed E-state index contributed by atoms with van der Waals surface area (Å²) in [4.78, 5) is 24.2. The lowest BCUT2D eigenvalue weighted by atomic mass is 9.52. The Balaban J connectivity index is 1.63. The Kier molecular flexibility index (Phi) is 5.97. The molecule has 5 N–H and O–H groups in total. The van der Waals surface area contributed by atoms with Gasteiger partial charge in [-0.25, -0.2) is 10.2 Å². The third-order valence-corrected chi connectivity index (χ3v) is 10.1. The minimum absolute atomic E-state index is 0.0762. The van der Waals surface area contributed by atoms with E-state index in [0.29, 0.717) is 28.9 Å². The standard InChI is InChI=1S/C30H30N4O7S/c1-16-10-13-21-28(2,3)24(33-34-27(31)37)20(41-42(38,39)18-8-6-5-7-9-18)15-30(21)29(16,4)14-17-11-12-19-22(23(17)40-30)26(36)32-25(19)35/h5-13,15,26,36H,14H2,1-4H3,(H,32,35)(H3,31,34,37). The molecule has 3 unspecified atom stereocenters. The molecule has 2 aromatic rings. The highest BCUT2D eigenvalue weighted by molar-refractivity contribution is 7.86. The van der Waals surface area contributed by atoms with Crippen molar-refractivity contribution in [1.82, 2.24) is 10.7 Å². The van der Waals surface area contributed by atoms with Gasteiger partial charge >= 0.3 is 16.1 Å². The zero-order chi connectivity index (χ0) is 30.2. The summed E-state index contributed by atoms with van der Waals surface area (Å²) < 4.78 is 39.8. The first-order chi connectivity index (χ1) is 19.7. The lowest BCUT2D eigenvalue weighted by molar-refractivity contribution is 0.00500. The van der Waals surface area contributed by atoms with Gasteiger partial charge in [-0.05, 0) is 42.7 Å². The first-order valence-electron chi connectivity index (χ1n) is 13.3. The molecule has 11 nitrogen and oxygen atoms in total. The number of amides is 3. The van der Waals surface area contributed by atoms with E-state index in [4.69, 9.17) is 14.7 Å². The molecule has 4 aliphatic rings. The maximum Gasteiger partial charge on any atom is 0.339 e. The van der Waals surface area contributed by atoms with E-state index < -0.39 is 44.7 Å². The van der Waals surface area contributed by atoms with Crippen LogP contribution in [0.5, 0.6) is 5.75 Å². The van der Waals surface area contributed by atoms with Crippen LogP contribution in [0.1, 0.15) is 55.4 Å². The zero-order valence-corrected chi connectivity index (χ0v) is 24.2. The second-order valence-electron chi connectivity index (χ2n) is 11.6. The molecule has 1 spiro atoms. The van der Waals surface area contributed by atoms with Crippen LogP contribution >= 0.6 is 0 Å². The van der Waals surface area contributed by atoms with E-state index in [-0.39, 0.29) is 16.4 Å². The van der Waals surface area contributed by atoms with Gasteiger partial charge < -0.3 is 25.1 Å². The number of fused-ring (bicyclic) bond motifs is 3. The van der Waals surface area contributed by atoms with Crippen molar-refractivity contribution in [2.45, 2.75) is 50.8 Å². The smallest absolute Gasteiger partial charge is 0.339 e. The van der Waals surface area contributed by atoms with E-state index in [0.717, 1.165) is 11.1 Å². The molecule has 6 rings (SSSR count). The summed E-state index contributed by atoms with van der Waals surface area (Å²) in [6.07, 6.45) is 4.61. The average molecular weight is 591 g/mol. The molecule has 2 heterocycles. The van der Waals surface area contributed by atoms with Crippen LogP contribution in [0, 0.1) is 10.8 Å². The second kappa shape index (κ2) is 9.04. The number of nitrogens with two attached hydrogens (primary N) is 1. The fourth-order valence-corrected chi connectivity index (χ4v) is 7.43. The lowest BCUT2D eigenvalue weighted by Crippen LogP contribution is -2.62. The van der Waals surface area contributed by atoms with Gasteiger partial charge in [-0.15, -0.1) is 0 Å². The molecule has 0 radical (unpaired) electrons. The quantitative estimate of drug-likeness (QED) is 0.313. The summed E-state index contributed by atoms with van der Waals surface area (Å²) in [6.45, 7) is 7.62. The summed E-state index contributed by atoms with van der Waals surface area (Å²) in [5.74, 6) is -0.236. The number of hydrazone groups is 1. The van der Waals surface area contributed by atoms with Gasteiger partial charge in [-0.2, -0.15) is 13.5 Å². The van der Waals surface area contributed by atoms with Crippen molar-refractivity contribution in [1.29, 1.82) is 0 Å². The van der Waals surface area contributed by atoms with Crippen molar-refractivity contribution in [3.8, 4) is 5.75 Å². The van der Waals surface area contributed by atoms with E-state index in [1.54, 1.807) is 30.3 Å². The summed E-state index contributed by atoms with van der Waals surface area (Å²) in [5.41, 5.74) is 7.55. The van der Waals surface area contributed by atoms with Gasteiger partial charge in [0, 0.05) is 16.9 Å². The fourth-order valence-electron chi connectivity index (χ4n) is 6.48. The summed E-state index contributed by atoms with van der Waals surface area (Å²) in [7, 11) is -4.36. The first-order valence-corrected chi connectivity index (χ1v) is 14.7. The number of allylic oxidation sites excluding steroid dienone is 3. The number of hydrogen-bond donors (Lipinski definition) is 4. The molecule has 3 atom stereocenters. The maximum absolute atomic E-state index is 13.5. The van der Waals surface area contributed by atoms with Gasteiger partial charge in [0.1, 0.15) is 16.4 Å². The average Bonchev–Trinajstić information content (AvgIpc) is 3.21. The number of aliphatic hydroxyl groups is 1. The Morgan fingerprint density at radius 3 is 2.57 bits per heavy atom. The number of nitrogens with zero attached hydrogens (tertiary/aromatic N) is 1. The van der Waals surface area contributed by atoms with Gasteiger partial charge in [0.05, 0.1) is 11.1 Å². The molecule has 12 heteroatoms. The molecule has 0 saturated heterocycles. The van der Waals surface area contributed by atoms with Crippen molar-refractivity contribution in [2.24, 2.45) is 21.7 Å². The molecule has 2 aliphatic heterocycles. The predicted molar refractivity (Wildman–Crippen MR) is 153 cm³/mol. The van der Waals surface area contributed by atoms with Crippen LogP contribution in [0.15, 0.2) is 87.6 Å². The largest absolute Gasteiger partial charge is 0.477 e. The van der Waals surface area contributed by atoms with Crippen LogP contribution in [0.2, 0.25) is 0 Å². The van der Waals surface area contributed by atoms with E-state index in [1.807, 2.05) is 45.9 Å². The Hall–Kier alpha value is -4.42. The molecule has 0 fully saturated rings. The summed E-state index contributed by atoms with van der Waals surface area (Å²) in [6, 6.07) is 10.2. The zero-order valence-electron chi connectivity index (χ0n) is 23.4. The van der Waals surface area contributed by atoms with Crippen molar-refractivity contribution in [3.05, 3.63) is 94.3 Å². The Morgan fingerprint density at radius 2 is 1.88 bits per heavy atom. The lowest BCUT2D eigenvalue weighted by Gasteiger charge is -2.58. The van der Waals surface area contributed by atoms with E-state index in [2.05, 4.69) is 15.8 Å². The SMILES string of the molecule is CC1=CC=C2C(C)(C)C(=NNC(N)=O)C(OS(=O)(=O)c3ccccc3)=CC23Oc2c(ccc4c2C(O)NC4=O)CC13C. The van der Waals surface area contributed by atoms with Gasteiger partial charge in [-0.1, -0.05) is 62.8 Å². The number of nitrogens with one attached hydrogen (secondary N) is 2. The van der Waals surface area contributed by atoms with Crippen LogP contribution in [0.25, 0.3) is 0 Å². The first kappa shape index (κ1) is 27.7. The van der Waals surface area contributed by atoms with Crippen LogP contribution in [0.4, 0.5) is 4.79 Å². The third kappa shape index (κ3) is 3.82. The van der Waals surface area contributed by atoms with Gasteiger partial charge in [0.2, 0.25) is 0 Å². The summed E-state index contributed by atoms with van der Waals surface area (Å²) >= 11 is 0. The van der Waals surface area contributed by atoms with E-state index >= 15 is 0 Å². The van der Waals surface area contributed by atoms with Crippen LogP contribution in [-0.2, 0) is 20.7 Å². The highest BCUT2D eigenvalue weighted by Crippen LogP contribution is 2.62. The molecule has 0 saturated carbocycles. The monoisotopic (exact) mass is 590 g/mol. The molecule has 3 amide bonds. The topological polar surface area (TPSA) is 169 Å². The van der Waals surface area contributed by atoms with Crippen LogP contribution < -0.4 is 21.2 Å². The number of urea groups is 1. The van der Waals surface area contributed by atoms with Crippen LogP contribution in [-0.4, -0.2) is 36.8 Å². The molecular formula is C30H30N4O7S. The Labute approximate surface area is 242 Å². The molecule has 2 aliphatic carbocycles.